The van der Waals surface area contributed by atoms with Crippen LogP contribution in [0, 0.1) is 17.2 Å². The van der Waals surface area contributed by atoms with Crippen molar-refractivity contribution in [3.63, 3.8) is 0 Å². The number of anilines is 1. The van der Waals surface area contributed by atoms with Gasteiger partial charge in [0.15, 0.2) is 5.69 Å². The molecule has 0 bridgehead atoms. The molecule has 2 aliphatic carbocycles. The summed E-state index contributed by atoms with van der Waals surface area (Å²) in [4.78, 5) is 11.9. The van der Waals surface area contributed by atoms with Gasteiger partial charge in [0.05, 0.1) is 26.6 Å². The number of aliphatic carboxylic acids is 1. The van der Waals surface area contributed by atoms with Gasteiger partial charge in [-0.2, -0.15) is 23.5 Å². The standard InChI is InChI=1S/C19H15Cl2F3N4O2/c20-11-5-10(19(22,23)24)6-12(21)15(11)28-16(26-8-9-1-2-9)14(13(7-25)27-28)18(3-4-18)17(29)30/h5-6,9,26H,1-4,8H2,(H,29,30). The molecule has 158 valence electrons. The molecule has 0 atom stereocenters. The van der Waals surface area contributed by atoms with Crippen molar-refractivity contribution in [1.82, 2.24) is 9.78 Å². The Morgan fingerprint density at radius 1 is 1.33 bits per heavy atom. The first kappa shape index (κ1) is 20.8. The Kier molecular flexibility index (Phi) is 4.90. The summed E-state index contributed by atoms with van der Waals surface area (Å²) in [6.07, 6.45) is -1.97. The van der Waals surface area contributed by atoms with E-state index in [0.29, 0.717) is 25.3 Å². The number of rotatable bonds is 6. The number of halogens is 5. The molecule has 2 saturated carbocycles. The number of nitrogens with zero attached hydrogens (tertiary/aromatic N) is 3. The van der Waals surface area contributed by atoms with Crippen molar-refractivity contribution in [2.75, 3.05) is 11.9 Å². The van der Waals surface area contributed by atoms with Crippen LogP contribution in [0.25, 0.3) is 5.69 Å². The highest BCUT2D eigenvalue weighted by molar-refractivity contribution is 6.38. The average molecular weight is 459 g/mol. The minimum Gasteiger partial charge on any atom is -0.481 e. The summed E-state index contributed by atoms with van der Waals surface area (Å²) >= 11 is 12.3. The third-order valence-corrected chi connectivity index (χ3v) is 6.02. The molecule has 1 aromatic heterocycles. The van der Waals surface area contributed by atoms with Crippen molar-refractivity contribution in [1.29, 1.82) is 5.26 Å². The summed E-state index contributed by atoms with van der Waals surface area (Å²) < 4.78 is 40.4. The molecule has 0 saturated heterocycles. The topological polar surface area (TPSA) is 90.9 Å². The van der Waals surface area contributed by atoms with Crippen molar-refractivity contribution in [3.05, 3.63) is 39.0 Å². The number of aromatic nitrogens is 2. The van der Waals surface area contributed by atoms with E-state index in [0.717, 1.165) is 29.7 Å². The number of nitrogens with one attached hydrogen (secondary N) is 1. The van der Waals surface area contributed by atoms with E-state index in [-0.39, 0.29) is 32.8 Å². The van der Waals surface area contributed by atoms with E-state index in [1.807, 2.05) is 6.07 Å². The number of benzene rings is 1. The third-order valence-electron chi connectivity index (χ3n) is 5.44. The fourth-order valence-corrected chi connectivity index (χ4v) is 4.11. The second kappa shape index (κ2) is 7.06. The first-order valence-corrected chi connectivity index (χ1v) is 9.91. The van der Waals surface area contributed by atoms with Crippen LogP contribution in [0.2, 0.25) is 10.0 Å². The summed E-state index contributed by atoms with van der Waals surface area (Å²) in [7, 11) is 0. The lowest BCUT2D eigenvalue weighted by atomic mass is 9.95. The Morgan fingerprint density at radius 2 is 1.93 bits per heavy atom. The fraction of sp³-hybridized carbons (Fsp3) is 0.421. The molecular formula is C19H15Cl2F3N4O2. The van der Waals surface area contributed by atoms with Gasteiger partial charge < -0.3 is 10.4 Å². The lowest BCUT2D eigenvalue weighted by Crippen LogP contribution is -2.22. The van der Waals surface area contributed by atoms with Crippen molar-refractivity contribution >= 4 is 35.0 Å². The number of carboxylic acids is 1. The SMILES string of the molecule is N#Cc1nn(-c2c(Cl)cc(C(F)(F)F)cc2Cl)c(NCC2CC2)c1C1(C(=O)O)CC1. The minimum atomic E-state index is -4.65. The van der Waals surface area contributed by atoms with E-state index < -0.39 is 23.1 Å². The van der Waals surface area contributed by atoms with Crippen molar-refractivity contribution in [3.8, 4) is 11.8 Å². The Bertz CT molecular complexity index is 1060. The minimum absolute atomic E-state index is 0.0476. The first-order chi connectivity index (χ1) is 14.1. The van der Waals surface area contributed by atoms with E-state index in [1.54, 1.807) is 0 Å². The molecular weight excluding hydrogens is 444 g/mol. The molecule has 30 heavy (non-hydrogen) atoms. The largest absolute Gasteiger partial charge is 0.481 e. The van der Waals surface area contributed by atoms with Crippen molar-refractivity contribution < 1.29 is 23.1 Å². The van der Waals surface area contributed by atoms with E-state index in [2.05, 4.69) is 10.4 Å². The Labute approximate surface area is 179 Å². The zero-order valence-corrected chi connectivity index (χ0v) is 16.9. The summed E-state index contributed by atoms with van der Waals surface area (Å²) in [5, 5.41) is 26.0. The third kappa shape index (κ3) is 3.48. The highest BCUT2D eigenvalue weighted by Crippen LogP contribution is 2.53. The summed E-state index contributed by atoms with van der Waals surface area (Å²) in [5.74, 6) is -0.468. The number of carbonyl (C=O) groups is 1. The van der Waals surface area contributed by atoms with Gasteiger partial charge in [0.2, 0.25) is 0 Å². The number of carboxylic acid groups (broad SMARTS) is 1. The monoisotopic (exact) mass is 458 g/mol. The molecule has 6 nitrogen and oxygen atoms in total. The first-order valence-electron chi connectivity index (χ1n) is 9.16. The van der Waals surface area contributed by atoms with Gasteiger partial charge in [-0.15, -0.1) is 0 Å². The predicted molar refractivity (Wildman–Crippen MR) is 103 cm³/mol. The van der Waals surface area contributed by atoms with Crippen LogP contribution in [0.3, 0.4) is 0 Å². The van der Waals surface area contributed by atoms with Crippen LogP contribution < -0.4 is 5.32 Å². The number of hydrogen-bond donors (Lipinski definition) is 2. The molecule has 0 aliphatic heterocycles. The van der Waals surface area contributed by atoms with Crippen LogP contribution in [-0.2, 0) is 16.4 Å². The highest BCUT2D eigenvalue weighted by atomic mass is 35.5. The summed E-state index contributed by atoms with van der Waals surface area (Å²) in [6.45, 7) is 0.509. The van der Waals surface area contributed by atoms with Crippen LogP contribution in [0.4, 0.5) is 19.0 Å². The van der Waals surface area contributed by atoms with Gasteiger partial charge in [-0.3, -0.25) is 4.79 Å². The smallest absolute Gasteiger partial charge is 0.416 e. The lowest BCUT2D eigenvalue weighted by molar-refractivity contribution is -0.140. The maximum Gasteiger partial charge on any atom is 0.416 e. The summed E-state index contributed by atoms with van der Waals surface area (Å²) in [5.41, 5.74) is -2.25. The van der Waals surface area contributed by atoms with Gasteiger partial charge in [0.1, 0.15) is 17.6 Å². The Morgan fingerprint density at radius 3 is 2.37 bits per heavy atom. The normalized spacial score (nSPS) is 17.5. The molecule has 2 fully saturated rings. The molecule has 4 rings (SSSR count). The molecule has 0 spiro atoms. The van der Waals surface area contributed by atoms with Gasteiger partial charge in [-0.25, -0.2) is 4.68 Å². The van der Waals surface area contributed by atoms with E-state index in [9.17, 15) is 28.3 Å². The Hall–Kier alpha value is -2.44. The van der Waals surface area contributed by atoms with E-state index in [4.69, 9.17) is 23.2 Å². The zero-order valence-electron chi connectivity index (χ0n) is 15.4. The average Bonchev–Trinajstić information content (AvgIpc) is 3.57. The summed E-state index contributed by atoms with van der Waals surface area (Å²) in [6, 6.07) is 3.36. The molecule has 0 radical (unpaired) electrons. The molecule has 11 heteroatoms. The van der Waals surface area contributed by atoms with Crippen LogP contribution in [0.5, 0.6) is 0 Å². The lowest BCUT2D eigenvalue weighted by Gasteiger charge is -2.17. The maximum absolute atomic E-state index is 13.1. The second-order valence-electron chi connectivity index (χ2n) is 7.59. The van der Waals surface area contributed by atoms with Gasteiger partial charge >= 0.3 is 12.1 Å². The fourth-order valence-electron chi connectivity index (χ4n) is 3.46. The molecule has 0 amide bonds. The van der Waals surface area contributed by atoms with Crippen molar-refractivity contribution in [2.24, 2.45) is 5.92 Å². The van der Waals surface area contributed by atoms with Crippen molar-refractivity contribution in [2.45, 2.75) is 37.3 Å². The number of nitriles is 1. The Balaban J connectivity index is 1.91. The molecule has 1 aromatic carbocycles. The second-order valence-corrected chi connectivity index (χ2v) is 8.41. The highest BCUT2D eigenvalue weighted by Gasteiger charge is 2.56. The van der Waals surface area contributed by atoms with E-state index in [1.165, 1.54) is 0 Å². The predicted octanol–water partition coefficient (Wildman–Crippen LogP) is 5.01. The molecule has 0 unspecified atom stereocenters. The van der Waals surface area contributed by atoms with Crippen LogP contribution in [0.1, 0.15) is 42.5 Å². The molecule has 2 aromatic rings. The quantitative estimate of drug-likeness (QED) is 0.634. The zero-order chi connectivity index (χ0) is 21.8. The number of hydrogen-bond acceptors (Lipinski definition) is 4. The van der Waals surface area contributed by atoms with Crippen LogP contribution >= 0.6 is 23.2 Å². The maximum atomic E-state index is 13.1. The molecule has 2 N–H and O–H groups in total. The molecule has 2 aliphatic rings. The van der Waals surface area contributed by atoms with Gasteiger partial charge in [0.25, 0.3) is 0 Å². The van der Waals surface area contributed by atoms with E-state index >= 15 is 0 Å². The van der Waals surface area contributed by atoms with Crippen LogP contribution in [0.15, 0.2) is 12.1 Å². The van der Waals surface area contributed by atoms with Gasteiger partial charge in [-0.05, 0) is 43.7 Å². The van der Waals surface area contributed by atoms with Gasteiger partial charge in [-0.1, -0.05) is 23.2 Å². The van der Waals surface area contributed by atoms with Crippen LogP contribution in [-0.4, -0.2) is 27.4 Å². The number of alkyl halides is 3. The van der Waals surface area contributed by atoms with Gasteiger partial charge in [0, 0.05) is 6.54 Å². The molecule has 1 heterocycles.